The van der Waals surface area contributed by atoms with Gasteiger partial charge in [-0.1, -0.05) is 6.07 Å². The Hall–Kier alpha value is -1.74. The Kier molecular flexibility index (Phi) is 4.78. The fraction of sp³-hybridized carbons (Fsp3) is 0.333. The topological polar surface area (TPSA) is 50.1 Å². The molecule has 7 heteroatoms. The minimum absolute atomic E-state index is 0.116. The molecule has 0 spiro atoms. The lowest BCUT2D eigenvalue weighted by Gasteiger charge is -2.14. The van der Waals surface area contributed by atoms with Gasteiger partial charge in [-0.2, -0.15) is 18.4 Å². The van der Waals surface area contributed by atoms with Crippen molar-refractivity contribution >= 4 is 17.6 Å². The Morgan fingerprint density at radius 2 is 2.05 bits per heavy atom. The first-order valence-corrected chi connectivity index (χ1v) is 5.62. The highest BCUT2D eigenvalue weighted by Crippen LogP contribution is 2.34. The van der Waals surface area contributed by atoms with Crippen LogP contribution in [0.5, 0.6) is 0 Å². The van der Waals surface area contributed by atoms with Crippen LogP contribution in [0.3, 0.4) is 0 Å². The molecule has 0 radical (unpaired) electrons. The second-order valence-corrected chi connectivity index (χ2v) is 3.93. The number of carbonyl (C=O) groups excluding carboxylic acids is 1. The second-order valence-electron chi connectivity index (χ2n) is 3.66. The van der Waals surface area contributed by atoms with E-state index in [2.05, 4.69) is 4.74 Å². The van der Waals surface area contributed by atoms with Crippen molar-refractivity contribution in [3.63, 3.8) is 0 Å². The van der Waals surface area contributed by atoms with Gasteiger partial charge in [-0.05, 0) is 17.2 Å². The molecule has 3 nitrogen and oxygen atoms in total. The fourth-order valence-corrected chi connectivity index (χ4v) is 1.77. The number of halogens is 4. The third kappa shape index (κ3) is 3.61. The summed E-state index contributed by atoms with van der Waals surface area (Å²) < 4.78 is 42.9. The molecule has 0 aromatic heterocycles. The van der Waals surface area contributed by atoms with E-state index in [4.69, 9.17) is 16.9 Å². The summed E-state index contributed by atoms with van der Waals surface area (Å²) in [5, 5.41) is 8.79. The first kappa shape index (κ1) is 15.3. The quantitative estimate of drug-likeness (QED) is 0.635. The number of alkyl halides is 4. The van der Waals surface area contributed by atoms with E-state index in [1.807, 2.05) is 0 Å². The van der Waals surface area contributed by atoms with Crippen molar-refractivity contribution in [2.45, 2.75) is 18.5 Å². The second kappa shape index (κ2) is 5.93. The Morgan fingerprint density at radius 3 is 2.47 bits per heavy atom. The molecule has 0 aliphatic heterocycles. The molecule has 0 heterocycles. The van der Waals surface area contributed by atoms with Gasteiger partial charge < -0.3 is 4.74 Å². The minimum atomic E-state index is -4.65. The highest BCUT2D eigenvalue weighted by molar-refractivity contribution is 6.17. The fourth-order valence-electron chi connectivity index (χ4n) is 1.55. The van der Waals surface area contributed by atoms with Gasteiger partial charge in [0.1, 0.15) is 0 Å². The van der Waals surface area contributed by atoms with Gasteiger partial charge in [0, 0.05) is 5.88 Å². The number of rotatable bonds is 3. The standard InChI is InChI=1S/C12H9ClF3NO2/c1-19-11(18)4-7-2-8(5-13)9(6-17)3-10(7)12(14,15)16/h2-3H,4-5H2,1H3. The number of benzene rings is 1. The number of nitriles is 1. The van der Waals surface area contributed by atoms with Crippen molar-refractivity contribution < 1.29 is 22.7 Å². The highest BCUT2D eigenvalue weighted by Gasteiger charge is 2.34. The highest BCUT2D eigenvalue weighted by atomic mass is 35.5. The molecule has 19 heavy (non-hydrogen) atoms. The zero-order chi connectivity index (χ0) is 14.6. The number of hydrogen-bond acceptors (Lipinski definition) is 3. The molecule has 0 atom stereocenters. The van der Waals surface area contributed by atoms with Crippen LogP contribution in [0.25, 0.3) is 0 Å². The molecule has 0 amide bonds. The van der Waals surface area contributed by atoms with Gasteiger partial charge in [0.05, 0.1) is 30.7 Å². The van der Waals surface area contributed by atoms with Crippen molar-refractivity contribution in [2.75, 3.05) is 7.11 Å². The van der Waals surface area contributed by atoms with Crippen LogP contribution in [0, 0.1) is 11.3 Å². The predicted octanol–water partition coefficient (Wildman–Crippen LogP) is 3.03. The van der Waals surface area contributed by atoms with Crippen LogP contribution in [-0.2, 0) is 28.0 Å². The molecule has 1 aromatic rings. The zero-order valence-electron chi connectivity index (χ0n) is 9.84. The lowest BCUT2D eigenvalue weighted by molar-refractivity contribution is -0.141. The van der Waals surface area contributed by atoms with Gasteiger partial charge in [-0.3, -0.25) is 4.79 Å². The summed E-state index contributed by atoms with van der Waals surface area (Å²) in [7, 11) is 1.09. The van der Waals surface area contributed by atoms with Gasteiger partial charge in [0.2, 0.25) is 0 Å². The molecule has 1 rings (SSSR count). The number of nitrogens with zero attached hydrogens (tertiary/aromatic N) is 1. The van der Waals surface area contributed by atoms with Crippen LogP contribution in [-0.4, -0.2) is 13.1 Å². The van der Waals surface area contributed by atoms with Crippen molar-refractivity contribution in [1.82, 2.24) is 0 Å². The summed E-state index contributed by atoms with van der Waals surface area (Å²) in [5.41, 5.74) is -1.19. The van der Waals surface area contributed by atoms with Gasteiger partial charge in [-0.15, -0.1) is 11.6 Å². The SMILES string of the molecule is COC(=O)Cc1cc(CCl)c(C#N)cc1C(F)(F)F. The average molecular weight is 292 g/mol. The summed E-state index contributed by atoms with van der Waals surface area (Å²) in [5.74, 6) is -0.911. The number of methoxy groups -OCH3 is 1. The molecule has 102 valence electrons. The summed E-state index contributed by atoms with van der Waals surface area (Å²) in [6, 6.07) is 3.47. The molecule has 0 aliphatic rings. The Labute approximate surface area is 112 Å². The molecule has 0 bridgehead atoms. The van der Waals surface area contributed by atoms with E-state index in [0.29, 0.717) is 6.07 Å². The maximum Gasteiger partial charge on any atom is 0.416 e. The molecule has 0 saturated heterocycles. The van der Waals surface area contributed by atoms with E-state index in [1.165, 1.54) is 0 Å². The first-order chi connectivity index (χ1) is 8.83. The van der Waals surface area contributed by atoms with Crippen LogP contribution >= 0.6 is 11.6 Å². The minimum Gasteiger partial charge on any atom is -0.469 e. The maximum atomic E-state index is 12.9. The van der Waals surface area contributed by atoms with Gasteiger partial charge in [-0.25, -0.2) is 0 Å². The predicted molar refractivity (Wildman–Crippen MR) is 61.4 cm³/mol. The lowest BCUT2D eigenvalue weighted by Crippen LogP contribution is -2.14. The van der Waals surface area contributed by atoms with Crippen LogP contribution in [0.15, 0.2) is 12.1 Å². The van der Waals surface area contributed by atoms with Gasteiger partial charge >= 0.3 is 12.1 Å². The van der Waals surface area contributed by atoms with Gasteiger partial charge in [0.25, 0.3) is 0 Å². The number of ether oxygens (including phenoxy) is 1. The van der Waals surface area contributed by atoms with Crippen LogP contribution in [0.1, 0.15) is 22.3 Å². The molecule has 1 aromatic carbocycles. The molecule has 0 unspecified atom stereocenters. The number of carbonyl (C=O) groups is 1. The smallest absolute Gasteiger partial charge is 0.416 e. The number of esters is 1. The van der Waals surface area contributed by atoms with Crippen molar-refractivity contribution in [3.8, 4) is 6.07 Å². The Bertz CT molecular complexity index is 535. The molecule has 0 aliphatic carbocycles. The molecule has 0 fully saturated rings. The third-order valence-corrected chi connectivity index (χ3v) is 2.75. The summed E-state index contributed by atoms with van der Waals surface area (Å²) in [6.45, 7) is 0. The molecular weight excluding hydrogens is 283 g/mol. The lowest BCUT2D eigenvalue weighted by atomic mass is 9.97. The largest absolute Gasteiger partial charge is 0.469 e. The third-order valence-electron chi connectivity index (χ3n) is 2.46. The van der Waals surface area contributed by atoms with Crippen LogP contribution in [0.2, 0.25) is 0 Å². The number of hydrogen-bond donors (Lipinski definition) is 0. The van der Waals surface area contributed by atoms with Crippen molar-refractivity contribution in [3.05, 3.63) is 34.4 Å². The van der Waals surface area contributed by atoms with Crippen molar-refractivity contribution in [2.24, 2.45) is 0 Å². The van der Waals surface area contributed by atoms with Crippen molar-refractivity contribution in [1.29, 1.82) is 5.26 Å². The Balaban J connectivity index is 3.41. The maximum absolute atomic E-state index is 12.9. The van der Waals surface area contributed by atoms with E-state index in [1.54, 1.807) is 6.07 Å². The normalized spacial score (nSPS) is 10.9. The summed E-state index contributed by atoms with van der Waals surface area (Å²) in [4.78, 5) is 11.1. The van der Waals surface area contributed by atoms with E-state index in [9.17, 15) is 18.0 Å². The first-order valence-electron chi connectivity index (χ1n) is 5.09. The van der Waals surface area contributed by atoms with E-state index >= 15 is 0 Å². The molecular formula is C12H9ClF3NO2. The van der Waals surface area contributed by atoms with Crippen LogP contribution < -0.4 is 0 Å². The van der Waals surface area contributed by atoms with Gasteiger partial charge in [0.15, 0.2) is 0 Å². The average Bonchev–Trinajstić information content (AvgIpc) is 2.36. The molecule has 0 N–H and O–H groups in total. The monoisotopic (exact) mass is 291 g/mol. The zero-order valence-corrected chi connectivity index (χ0v) is 10.6. The van der Waals surface area contributed by atoms with E-state index < -0.39 is 24.1 Å². The Morgan fingerprint density at radius 1 is 1.42 bits per heavy atom. The van der Waals surface area contributed by atoms with Crippen LogP contribution in [0.4, 0.5) is 13.2 Å². The summed E-state index contributed by atoms with van der Waals surface area (Å²) >= 11 is 5.57. The molecule has 0 saturated carbocycles. The summed E-state index contributed by atoms with van der Waals surface area (Å²) in [6.07, 6.45) is -5.18. The van der Waals surface area contributed by atoms with E-state index in [0.717, 1.165) is 13.2 Å². The van der Waals surface area contributed by atoms with E-state index in [-0.39, 0.29) is 22.6 Å².